The molecule has 0 aliphatic carbocycles. The van der Waals surface area contributed by atoms with Crippen molar-refractivity contribution in [3.63, 3.8) is 0 Å². The lowest BCUT2D eigenvalue weighted by atomic mass is 10.1. The van der Waals surface area contributed by atoms with E-state index in [1.807, 2.05) is 0 Å². The highest BCUT2D eigenvalue weighted by Gasteiger charge is 2.10. The molecule has 2 N–H and O–H groups in total. The molecule has 1 atom stereocenters. The van der Waals surface area contributed by atoms with Crippen LogP contribution >= 0.6 is 0 Å². The van der Waals surface area contributed by atoms with Gasteiger partial charge in [0.2, 0.25) is 0 Å². The van der Waals surface area contributed by atoms with Gasteiger partial charge in [0.25, 0.3) is 0 Å². The maximum absolute atomic E-state index is 11.0. The molecule has 0 aliphatic heterocycles. The number of carboxylic acid groups (broad SMARTS) is 1. The van der Waals surface area contributed by atoms with E-state index in [-0.39, 0.29) is 13.0 Å². The third-order valence-corrected chi connectivity index (χ3v) is 2.09. The molecule has 0 saturated heterocycles. The van der Waals surface area contributed by atoms with Crippen molar-refractivity contribution >= 4 is 5.97 Å². The molecule has 1 radical (unpaired) electrons. The molecule has 0 aromatic heterocycles. The fourth-order valence-electron chi connectivity index (χ4n) is 1.31. The topological polar surface area (TPSA) is 77.4 Å². The average molecular weight is 203 g/mol. The monoisotopic (exact) mass is 203 g/mol. The Balaban J connectivity index is 3.14. The molecule has 83 valence electrons. The summed E-state index contributed by atoms with van der Waals surface area (Å²) in [6.07, 6.45) is 3.80. The highest BCUT2D eigenvalue weighted by molar-refractivity contribution is 5.67. The van der Waals surface area contributed by atoms with E-state index >= 15 is 0 Å². The van der Waals surface area contributed by atoms with Crippen LogP contribution in [0.1, 0.15) is 44.9 Å². The van der Waals surface area contributed by atoms with Gasteiger partial charge in [0.15, 0.2) is 0 Å². The molecule has 0 aliphatic rings. The minimum absolute atomic E-state index is 0.225. The molecule has 0 bridgehead atoms. The number of hydrogen-bond donors (Lipinski definition) is 2. The minimum atomic E-state index is -1.01. The lowest BCUT2D eigenvalue weighted by molar-refractivity contribution is -0.140. The van der Waals surface area contributed by atoms with Crippen molar-refractivity contribution in [1.82, 2.24) is 0 Å². The largest absolute Gasteiger partial charge is 0.481 e. The second kappa shape index (κ2) is 8.97. The van der Waals surface area contributed by atoms with E-state index in [0.717, 1.165) is 32.1 Å². The number of carbonyl (C=O) groups is 1. The van der Waals surface area contributed by atoms with Crippen LogP contribution < -0.4 is 0 Å². The summed E-state index contributed by atoms with van der Waals surface area (Å²) in [5.74, 6) is -1.01. The zero-order valence-electron chi connectivity index (χ0n) is 8.45. The van der Waals surface area contributed by atoms with Gasteiger partial charge in [0.1, 0.15) is 6.10 Å². The molecule has 0 rings (SSSR count). The Morgan fingerprint density at radius 3 is 2.21 bits per heavy atom. The molecule has 1 unspecified atom stereocenters. The predicted molar refractivity (Wildman–Crippen MR) is 51.5 cm³/mol. The lowest BCUT2D eigenvalue weighted by Crippen LogP contribution is -2.10. The first-order valence-corrected chi connectivity index (χ1v) is 5.15. The predicted octanol–water partition coefficient (Wildman–Crippen LogP) is 1.59. The summed E-state index contributed by atoms with van der Waals surface area (Å²) in [6.45, 7) is 0.225. The number of rotatable bonds is 9. The molecule has 0 aromatic rings. The van der Waals surface area contributed by atoms with Crippen LogP contribution in [-0.4, -0.2) is 28.9 Å². The number of unbranched alkanes of at least 4 members (excludes halogenated alkanes) is 4. The normalized spacial score (nSPS) is 12.7. The van der Waals surface area contributed by atoms with E-state index in [9.17, 15) is 9.90 Å². The first kappa shape index (κ1) is 13.4. The summed E-state index contributed by atoms with van der Waals surface area (Å²) in [7, 11) is 0. The van der Waals surface area contributed by atoms with Gasteiger partial charge in [-0.1, -0.05) is 25.7 Å². The van der Waals surface area contributed by atoms with Crippen LogP contribution in [0.3, 0.4) is 0 Å². The van der Waals surface area contributed by atoms with Gasteiger partial charge < -0.3 is 10.2 Å². The van der Waals surface area contributed by atoms with Crippen molar-refractivity contribution in [3.8, 4) is 0 Å². The summed E-state index contributed by atoms with van der Waals surface area (Å²) >= 11 is 0. The van der Waals surface area contributed by atoms with Gasteiger partial charge in [-0.25, -0.2) is 5.11 Å². The van der Waals surface area contributed by atoms with E-state index in [1.165, 1.54) is 0 Å². The molecular formula is C10H19O4. The van der Waals surface area contributed by atoms with Crippen molar-refractivity contribution in [2.45, 2.75) is 51.0 Å². The standard InChI is InChI=1S/C10H19O4/c11-7-5-3-1-2-4-6-9(12)8-10(13)14/h9,11H,1-8H2,(H,13,14). The SMILES string of the molecule is [O]C(CCCCCCCO)CC(=O)O. The van der Waals surface area contributed by atoms with E-state index in [2.05, 4.69) is 0 Å². The molecule has 0 saturated carbocycles. The van der Waals surface area contributed by atoms with Crippen LogP contribution in [0.15, 0.2) is 0 Å². The van der Waals surface area contributed by atoms with Crippen LogP contribution in [0.25, 0.3) is 0 Å². The average Bonchev–Trinajstić information content (AvgIpc) is 2.10. The van der Waals surface area contributed by atoms with E-state index in [0.29, 0.717) is 6.42 Å². The Morgan fingerprint density at radius 2 is 1.64 bits per heavy atom. The summed E-state index contributed by atoms with van der Waals surface area (Å²) in [4.78, 5) is 10.2. The van der Waals surface area contributed by atoms with Gasteiger partial charge in [0, 0.05) is 6.61 Å². The Hall–Kier alpha value is -0.610. The first-order chi connectivity index (χ1) is 6.66. The van der Waals surface area contributed by atoms with Crippen LogP contribution in [-0.2, 0) is 9.90 Å². The van der Waals surface area contributed by atoms with Gasteiger partial charge >= 0.3 is 5.97 Å². The molecule has 14 heavy (non-hydrogen) atoms. The molecular weight excluding hydrogens is 184 g/mol. The third kappa shape index (κ3) is 9.48. The first-order valence-electron chi connectivity index (χ1n) is 5.15. The number of aliphatic hydroxyl groups is 1. The number of aliphatic carboxylic acids is 1. The third-order valence-electron chi connectivity index (χ3n) is 2.09. The Morgan fingerprint density at radius 1 is 1.07 bits per heavy atom. The number of hydrogen-bond acceptors (Lipinski definition) is 2. The Kier molecular flexibility index (Phi) is 8.57. The van der Waals surface area contributed by atoms with Crippen LogP contribution in [0.5, 0.6) is 0 Å². The van der Waals surface area contributed by atoms with Crippen molar-refractivity contribution in [1.29, 1.82) is 0 Å². The quantitative estimate of drug-likeness (QED) is 0.558. The minimum Gasteiger partial charge on any atom is -0.481 e. The van der Waals surface area contributed by atoms with Gasteiger partial charge in [0.05, 0.1) is 6.42 Å². The van der Waals surface area contributed by atoms with Gasteiger partial charge in [-0.05, 0) is 12.8 Å². The summed E-state index contributed by atoms with van der Waals surface area (Å²) < 4.78 is 0. The van der Waals surface area contributed by atoms with Gasteiger partial charge in [-0.2, -0.15) is 0 Å². The maximum atomic E-state index is 11.0. The fourth-order valence-corrected chi connectivity index (χ4v) is 1.31. The second-order valence-electron chi connectivity index (χ2n) is 3.50. The molecule has 0 amide bonds. The number of carboxylic acids is 1. The smallest absolute Gasteiger partial charge is 0.306 e. The molecule has 0 aromatic carbocycles. The Labute approximate surface area is 84.6 Å². The van der Waals surface area contributed by atoms with Crippen molar-refractivity contribution < 1.29 is 20.1 Å². The summed E-state index contributed by atoms with van der Waals surface area (Å²) in [5, 5.41) is 27.8. The fraction of sp³-hybridized carbons (Fsp3) is 0.900. The number of aliphatic hydroxyl groups excluding tert-OH is 1. The Bertz CT molecular complexity index is 147. The van der Waals surface area contributed by atoms with Crippen LogP contribution in [0.4, 0.5) is 0 Å². The van der Waals surface area contributed by atoms with E-state index in [4.69, 9.17) is 10.2 Å². The summed E-state index contributed by atoms with van der Waals surface area (Å²) in [5.41, 5.74) is 0. The zero-order valence-corrected chi connectivity index (χ0v) is 8.45. The van der Waals surface area contributed by atoms with Crippen LogP contribution in [0.2, 0.25) is 0 Å². The lowest BCUT2D eigenvalue weighted by Gasteiger charge is -2.04. The maximum Gasteiger partial charge on any atom is 0.306 e. The highest BCUT2D eigenvalue weighted by Crippen LogP contribution is 2.09. The molecule has 4 nitrogen and oxygen atoms in total. The summed E-state index contributed by atoms with van der Waals surface area (Å²) in [6, 6.07) is 0. The molecule has 0 heterocycles. The van der Waals surface area contributed by atoms with Crippen molar-refractivity contribution in [2.24, 2.45) is 0 Å². The molecule has 0 fully saturated rings. The van der Waals surface area contributed by atoms with Gasteiger partial charge in [-0.15, -0.1) is 0 Å². The van der Waals surface area contributed by atoms with Crippen LogP contribution in [0, 0.1) is 0 Å². The van der Waals surface area contributed by atoms with Crippen molar-refractivity contribution in [3.05, 3.63) is 0 Å². The molecule has 4 heteroatoms. The van der Waals surface area contributed by atoms with E-state index < -0.39 is 12.1 Å². The zero-order chi connectivity index (χ0) is 10.8. The second-order valence-corrected chi connectivity index (χ2v) is 3.50. The molecule has 0 spiro atoms. The van der Waals surface area contributed by atoms with Gasteiger partial charge in [-0.3, -0.25) is 4.79 Å². The van der Waals surface area contributed by atoms with E-state index in [1.54, 1.807) is 0 Å². The van der Waals surface area contributed by atoms with Crippen molar-refractivity contribution in [2.75, 3.05) is 6.61 Å². The highest BCUT2D eigenvalue weighted by atomic mass is 16.4.